The lowest BCUT2D eigenvalue weighted by atomic mass is 9.93. The number of para-hydroxylation sites is 1. The highest BCUT2D eigenvalue weighted by atomic mass is 32.2. The first kappa shape index (κ1) is 19.0. The maximum absolute atomic E-state index is 13.4. The molecule has 0 N–H and O–H groups in total. The molecule has 1 saturated carbocycles. The Bertz CT molecular complexity index is 967. The standard InChI is InChI=1S/C22H25NO4S/c1-27-19-10-6-5-9-18(19)22(12-13-22)21(24)23-14-11-20(28(25,26)16-15-23)17-7-3-2-4-8-17/h2-10,20H,11-16H2,1H3. The fourth-order valence-electron chi connectivity index (χ4n) is 4.25. The molecule has 0 bridgehead atoms. The summed E-state index contributed by atoms with van der Waals surface area (Å²) in [4.78, 5) is 15.2. The van der Waals surface area contributed by atoms with Crippen LogP contribution in [0.3, 0.4) is 0 Å². The minimum atomic E-state index is -3.30. The zero-order chi connectivity index (χ0) is 19.8. The van der Waals surface area contributed by atoms with Gasteiger partial charge in [-0.2, -0.15) is 0 Å². The number of carbonyl (C=O) groups is 1. The summed E-state index contributed by atoms with van der Waals surface area (Å²) < 4.78 is 31.2. The van der Waals surface area contributed by atoms with Crippen molar-refractivity contribution < 1.29 is 17.9 Å². The molecule has 6 heteroatoms. The van der Waals surface area contributed by atoms with Crippen molar-refractivity contribution >= 4 is 15.7 Å². The van der Waals surface area contributed by atoms with Crippen LogP contribution in [0.4, 0.5) is 0 Å². The second kappa shape index (κ2) is 7.24. The van der Waals surface area contributed by atoms with Crippen molar-refractivity contribution in [3.05, 3.63) is 65.7 Å². The molecule has 1 unspecified atom stereocenters. The molecule has 2 aromatic rings. The largest absolute Gasteiger partial charge is 0.496 e. The van der Waals surface area contributed by atoms with Gasteiger partial charge in [0.15, 0.2) is 9.84 Å². The molecule has 1 atom stereocenters. The van der Waals surface area contributed by atoms with Gasteiger partial charge in [0.25, 0.3) is 0 Å². The number of hydrogen-bond acceptors (Lipinski definition) is 4. The van der Waals surface area contributed by atoms with E-state index < -0.39 is 20.5 Å². The van der Waals surface area contributed by atoms with Gasteiger partial charge < -0.3 is 9.64 Å². The maximum atomic E-state index is 13.4. The number of amides is 1. The van der Waals surface area contributed by atoms with Crippen molar-refractivity contribution in [1.82, 2.24) is 4.90 Å². The Morgan fingerprint density at radius 2 is 1.71 bits per heavy atom. The lowest BCUT2D eigenvalue weighted by molar-refractivity contribution is -0.133. The monoisotopic (exact) mass is 399 g/mol. The summed E-state index contributed by atoms with van der Waals surface area (Å²) in [5, 5.41) is -0.548. The van der Waals surface area contributed by atoms with Crippen LogP contribution in [-0.4, -0.2) is 45.2 Å². The third kappa shape index (κ3) is 3.30. The number of rotatable bonds is 4. The van der Waals surface area contributed by atoms with Crippen molar-refractivity contribution in [3.63, 3.8) is 0 Å². The molecule has 0 aromatic heterocycles. The van der Waals surface area contributed by atoms with Gasteiger partial charge in [-0.1, -0.05) is 48.5 Å². The minimum Gasteiger partial charge on any atom is -0.496 e. The van der Waals surface area contributed by atoms with Gasteiger partial charge in [0, 0.05) is 18.7 Å². The summed E-state index contributed by atoms with van der Waals surface area (Å²) in [6.07, 6.45) is 1.98. The predicted molar refractivity (Wildman–Crippen MR) is 108 cm³/mol. The summed E-state index contributed by atoms with van der Waals surface area (Å²) in [6, 6.07) is 17.0. The average Bonchev–Trinajstić information content (AvgIpc) is 3.53. The Morgan fingerprint density at radius 3 is 2.39 bits per heavy atom. The number of ether oxygens (including phenoxy) is 1. The van der Waals surface area contributed by atoms with E-state index in [1.54, 1.807) is 12.0 Å². The van der Waals surface area contributed by atoms with E-state index in [9.17, 15) is 13.2 Å². The first-order valence-electron chi connectivity index (χ1n) is 9.67. The molecule has 0 spiro atoms. The molecule has 2 fully saturated rings. The fourth-order valence-corrected chi connectivity index (χ4v) is 6.05. The zero-order valence-corrected chi connectivity index (χ0v) is 16.8. The van der Waals surface area contributed by atoms with E-state index in [0.717, 1.165) is 29.7 Å². The summed E-state index contributed by atoms with van der Waals surface area (Å²) in [5.74, 6) is 0.749. The first-order valence-corrected chi connectivity index (χ1v) is 11.4. The van der Waals surface area contributed by atoms with Crippen LogP contribution in [0.5, 0.6) is 5.75 Å². The summed E-state index contributed by atoms with van der Waals surface area (Å²) >= 11 is 0. The molecule has 148 valence electrons. The predicted octanol–water partition coefficient (Wildman–Crippen LogP) is 3.12. The lowest BCUT2D eigenvalue weighted by Gasteiger charge is -2.27. The summed E-state index contributed by atoms with van der Waals surface area (Å²) in [7, 11) is -1.69. The molecule has 4 rings (SSSR count). The van der Waals surface area contributed by atoms with Crippen molar-refractivity contribution in [2.45, 2.75) is 29.9 Å². The van der Waals surface area contributed by atoms with Crippen LogP contribution in [0.25, 0.3) is 0 Å². The average molecular weight is 400 g/mol. The topological polar surface area (TPSA) is 63.7 Å². The Hall–Kier alpha value is -2.34. The van der Waals surface area contributed by atoms with Gasteiger partial charge in [0.05, 0.1) is 23.5 Å². The van der Waals surface area contributed by atoms with Gasteiger partial charge in [-0.05, 0) is 30.9 Å². The normalized spacial score (nSPS) is 22.9. The van der Waals surface area contributed by atoms with Gasteiger partial charge in [-0.3, -0.25) is 4.79 Å². The number of sulfone groups is 1. The third-order valence-electron chi connectivity index (χ3n) is 5.98. The van der Waals surface area contributed by atoms with E-state index in [4.69, 9.17) is 4.74 Å². The number of benzene rings is 2. The Balaban J connectivity index is 1.58. The molecule has 1 heterocycles. The second-order valence-corrected chi connectivity index (χ2v) is 9.93. The Kier molecular flexibility index (Phi) is 4.91. The molecular formula is C22H25NO4S. The van der Waals surface area contributed by atoms with Gasteiger partial charge in [-0.15, -0.1) is 0 Å². The highest BCUT2D eigenvalue weighted by molar-refractivity contribution is 7.91. The lowest BCUT2D eigenvalue weighted by Crippen LogP contribution is -2.41. The Morgan fingerprint density at radius 1 is 1.04 bits per heavy atom. The van der Waals surface area contributed by atoms with E-state index in [-0.39, 0.29) is 18.2 Å². The molecule has 1 aliphatic heterocycles. The summed E-state index contributed by atoms with van der Waals surface area (Å²) in [5.41, 5.74) is 1.15. The van der Waals surface area contributed by atoms with Crippen LogP contribution in [0.2, 0.25) is 0 Å². The van der Waals surface area contributed by atoms with Crippen LogP contribution in [0.15, 0.2) is 54.6 Å². The van der Waals surface area contributed by atoms with Crippen LogP contribution in [-0.2, 0) is 20.0 Å². The second-order valence-electron chi connectivity index (χ2n) is 7.63. The Labute approximate surface area is 166 Å². The first-order chi connectivity index (χ1) is 13.5. The van der Waals surface area contributed by atoms with Crippen molar-refractivity contribution in [2.24, 2.45) is 0 Å². The van der Waals surface area contributed by atoms with E-state index in [1.165, 1.54) is 0 Å². The quantitative estimate of drug-likeness (QED) is 0.792. The van der Waals surface area contributed by atoms with Crippen molar-refractivity contribution in [2.75, 3.05) is 26.0 Å². The number of nitrogens with zero attached hydrogens (tertiary/aromatic N) is 1. The molecule has 2 aliphatic rings. The molecule has 5 nitrogen and oxygen atoms in total. The minimum absolute atomic E-state index is 0.000303. The van der Waals surface area contributed by atoms with E-state index in [2.05, 4.69) is 0 Å². The van der Waals surface area contributed by atoms with Crippen LogP contribution < -0.4 is 4.74 Å². The van der Waals surface area contributed by atoms with E-state index in [1.807, 2.05) is 54.6 Å². The van der Waals surface area contributed by atoms with Crippen LogP contribution >= 0.6 is 0 Å². The maximum Gasteiger partial charge on any atom is 0.233 e. The summed E-state index contributed by atoms with van der Waals surface area (Å²) in [6.45, 7) is 0.704. The zero-order valence-electron chi connectivity index (χ0n) is 16.0. The third-order valence-corrected chi connectivity index (χ3v) is 8.11. The molecule has 28 heavy (non-hydrogen) atoms. The van der Waals surface area contributed by atoms with Crippen LogP contribution in [0, 0.1) is 0 Å². The molecular weight excluding hydrogens is 374 g/mol. The smallest absolute Gasteiger partial charge is 0.233 e. The molecule has 0 radical (unpaired) electrons. The molecule has 2 aromatic carbocycles. The molecule has 1 amide bonds. The fraction of sp³-hybridized carbons (Fsp3) is 0.409. The number of hydrogen-bond donors (Lipinski definition) is 0. The van der Waals surface area contributed by atoms with Crippen molar-refractivity contribution in [3.8, 4) is 5.75 Å². The highest BCUT2D eigenvalue weighted by Crippen LogP contribution is 2.52. The van der Waals surface area contributed by atoms with E-state index in [0.29, 0.717) is 13.0 Å². The highest BCUT2D eigenvalue weighted by Gasteiger charge is 2.54. The molecule has 1 saturated heterocycles. The SMILES string of the molecule is COc1ccccc1C1(C(=O)N2CCC(c3ccccc3)S(=O)(=O)CC2)CC1. The van der Waals surface area contributed by atoms with Crippen molar-refractivity contribution in [1.29, 1.82) is 0 Å². The number of carbonyl (C=O) groups excluding carboxylic acids is 1. The van der Waals surface area contributed by atoms with Gasteiger partial charge >= 0.3 is 0 Å². The van der Waals surface area contributed by atoms with Gasteiger partial charge in [0.2, 0.25) is 5.91 Å². The van der Waals surface area contributed by atoms with Gasteiger partial charge in [0.1, 0.15) is 5.75 Å². The van der Waals surface area contributed by atoms with E-state index >= 15 is 0 Å². The van der Waals surface area contributed by atoms with Crippen LogP contribution in [0.1, 0.15) is 35.6 Å². The van der Waals surface area contributed by atoms with Gasteiger partial charge in [-0.25, -0.2) is 8.42 Å². The number of methoxy groups -OCH3 is 1. The molecule has 1 aliphatic carbocycles.